The van der Waals surface area contributed by atoms with E-state index in [4.69, 9.17) is 9.47 Å². The Morgan fingerprint density at radius 1 is 1.07 bits per heavy atom. The van der Waals surface area contributed by atoms with Gasteiger partial charge in [0.2, 0.25) is 11.8 Å². The van der Waals surface area contributed by atoms with E-state index in [0.29, 0.717) is 22.8 Å². The van der Waals surface area contributed by atoms with Crippen molar-refractivity contribution in [2.24, 2.45) is 0 Å². The fourth-order valence-electron chi connectivity index (χ4n) is 2.57. The summed E-state index contributed by atoms with van der Waals surface area (Å²) in [5, 5.41) is 16.3. The van der Waals surface area contributed by atoms with Gasteiger partial charge in [0, 0.05) is 11.8 Å². The third kappa shape index (κ3) is 6.66. The van der Waals surface area contributed by atoms with Gasteiger partial charge in [-0.2, -0.15) is 0 Å². The monoisotopic (exact) mass is 433 g/mol. The predicted molar refractivity (Wildman–Crippen MR) is 115 cm³/mol. The van der Waals surface area contributed by atoms with Gasteiger partial charge >= 0.3 is 5.69 Å². The van der Waals surface area contributed by atoms with Crippen molar-refractivity contribution in [2.75, 3.05) is 31.8 Å². The second kappa shape index (κ2) is 11.1. The minimum absolute atomic E-state index is 0.112. The van der Waals surface area contributed by atoms with Gasteiger partial charge in [0.25, 0.3) is 0 Å². The number of nitrogens with zero attached hydrogens (tertiary/aromatic N) is 1. The lowest BCUT2D eigenvalue weighted by Gasteiger charge is -2.11. The number of ether oxygens (including phenoxy) is 2. The van der Waals surface area contributed by atoms with Crippen molar-refractivity contribution in [3.63, 3.8) is 0 Å². The van der Waals surface area contributed by atoms with E-state index in [9.17, 15) is 19.7 Å². The number of hydrogen-bond acceptors (Lipinski definition) is 7. The SMILES string of the molecule is COc1ccc(C)cc1NC(=O)CNC(=O)CSCc1ccc(OC)c([N+](=O)[O-])c1. The minimum atomic E-state index is -0.512. The van der Waals surface area contributed by atoms with Crippen molar-refractivity contribution in [3.05, 3.63) is 57.6 Å². The van der Waals surface area contributed by atoms with Crippen molar-refractivity contribution < 1.29 is 24.0 Å². The molecule has 2 aromatic carbocycles. The van der Waals surface area contributed by atoms with Gasteiger partial charge < -0.3 is 20.1 Å². The van der Waals surface area contributed by atoms with Crippen LogP contribution >= 0.6 is 11.8 Å². The molecule has 0 radical (unpaired) electrons. The highest BCUT2D eigenvalue weighted by atomic mass is 32.2. The molecule has 160 valence electrons. The van der Waals surface area contributed by atoms with E-state index < -0.39 is 4.92 Å². The second-order valence-electron chi connectivity index (χ2n) is 6.28. The van der Waals surface area contributed by atoms with E-state index in [-0.39, 0.29) is 35.5 Å². The number of nitro groups is 1. The predicted octanol–water partition coefficient (Wildman–Crippen LogP) is 2.91. The summed E-state index contributed by atoms with van der Waals surface area (Å²) in [6.45, 7) is 1.72. The molecule has 0 saturated heterocycles. The lowest BCUT2D eigenvalue weighted by molar-refractivity contribution is -0.385. The average Bonchev–Trinajstić information content (AvgIpc) is 2.72. The van der Waals surface area contributed by atoms with Crippen molar-refractivity contribution in [1.29, 1.82) is 0 Å². The molecule has 0 heterocycles. The van der Waals surface area contributed by atoms with E-state index >= 15 is 0 Å². The first-order chi connectivity index (χ1) is 14.3. The molecule has 2 aromatic rings. The van der Waals surface area contributed by atoms with Gasteiger partial charge in [-0.05, 0) is 36.2 Å². The number of methoxy groups -OCH3 is 2. The number of nitro benzene ring substituents is 1. The summed E-state index contributed by atoms with van der Waals surface area (Å²) in [7, 11) is 2.88. The van der Waals surface area contributed by atoms with Gasteiger partial charge in [0.15, 0.2) is 5.75 Å². The van der Waals surface area contributed by atoms with E-state index in [1.807, 2.05) is 13.0 Å². The van der Waals surface area contributed by atoms with Crippen LogP contribution in [-0.4, -0.2) is 43.3 Å². The van der Waals surface area contributed by atoms with E-state index in [0.717, 1.165) is 5.56 Å². The maximum atomic E-state index is 12.1. The Bertz CT molecular complexity index is 935. The van der Waals surface area contributed by atoms with Gasteiger partial charge in [-0.1, -0.05) is 12.1 Å². The summed E-state index contributed by atoms with van der Waals surface area (Å²) in [6, 6.07) is 10.1. The zero-order chi connectivity index (χ0) is 22.1. The molecule has 0 aliphatic heterocycles. The molecule has 0 aliphatic carbocycles. The maximum absolute atomic E-state index is 12.1. The maximum Gasteiger partial charge on any atom is 0.311 e. The smallest absolute Gasteiger partial charge is 0.311 e. The molecule has 0 bridgehead atoms. The zero-order valence-electron chi connectivity index (χ0n) is 16.9. The molecule has 2 N–H and O–H groups in total. The van der Waals surface area contributed by atoms with Crippen molar-refractivity contribution in [2.45, 2.75) is 12.7 Å². The Morgan fingerprint density at radius 3 is 2.43 bits per heavy atom. The van der Waals surface area contributed by atoms with Gasteiger partial charge in [-0.3, -0.25) is 19.7 Å². The van der Waals surface area contributed by atoms with Crippen LogP contribution in [0, 0.1) is 17.0 Å². The number of aryl methyl sites for hydroxylation is 1. The first-order valence-corrected chi connectivity index (χ1v) is 10.1. The van der Waals surface area contributed by atoms with E-state index in [1.165, 1.54) is 38.1 Å². The summed E-state index contributed by atoms with van der Waals surface area (Å²) in [4.78, 5) is 34.6. The van der Waals surface area contributed by atoms with Crippen molar-refractivity contribution in [1.82, 2.24) is 5.32 Å². The zero-order valence-corrected chi connectivity index (χ0v) is 17.7. The molecule has 0 fully saturated rings. The lowest BCUT2D eigenvalue weighted by Crippen LogP contribution is -2.34. The Balaban J connectivity index is 1.79. The Morgan fingerprint density at radius 2 is 1.77 bits per heavy atom. The van der Waals surface area contributed by atoms with E-state index in [2.05, 4.69) is 10.6 Å². The number of nitrogens with one attached hydrogen (secondary N) is 2. The van der Waals surface area contributed by atoms with Crippen LogP contribution in [0.2, 0.25) is 0 Å². The van der Waals surface area contributed by atoms with Crippen LogP contribution in [0.3, 0.4) is 0 Å². The Labute approximate surface area is 178 Å². The molecule has 0 saturated carbocycles. The van der Waals surface area contributed by atoms with Gasteiger partial charge in [0.1, 0.15) is 5.75 Å². The molecule has 0 unspecified atom stereocenters. The van der Waals surface area contributed by atoms with Crippen LogP contribution < -0.4 is 20.1 Å². The third-order valence-electron chi connectivity index (χ3n) is 4.02. The highest BCUT2D eigenvalue weighted by Gasteiger charge is 2.15. The normalized spacial score (nSPS) is 10.2. The molecule has 2 amide bonds. The number of rotatable bonds is 10. The number of thioether (sulfide) groups is 1. The van der Waals surface area contributed by atoms with Gasteiger partial charge in [0.05, 0.1) is 37.1 Å². The largest absolute Gasteiger partial charge is 0.495 e. The van der Waals surface area contributed by atoms with Crippen LogP contribution in [0.5, 0.6) is 11.5 Å². The second-order valence-corrected chi connectivity index (χ2v) is 7.27. The summed E-state index contributed by atoms with van der Waals surface area (Å²) >= 11 is 1.28. The summed E-state index contributed by atoms with van der Waals surface area (Å²) in [5.74, 6) is 0.552. The molecule has 2 rings (SSSR count). The molecule has 10 heteroatoms. The molecule has 0 aliphatic rings. The standard InChI is InChI=1S/C20H23N3O6S/c1-13-4-6-17(28-2)15(8-13)22-19(24)10-21-20(25)12-30-11-14-5-7-18(29-3)16(9-14)23(26)27/h4-9H,10-12H2,1-3H3,(H,21,25)(H,22,24). The summed E-state index contributed by atoms with van der Waals surface area (Å²) in [5.41, 5.74) is 2.07. The van der Waals surface area contributed by atoms with Gasteiger partial charge in [-0.25, -0.2) is 0 Å². The lowest BCUT2D eigenvalue weighted by atomic mass is 10.2. The molecule has 9 nitrogen and oxygen atoms in total. The fourth-order valence-corrected chi connectivity index (χ4v) is 3.38. The Hall–Kier alpha value is -3.27. The van der Waals surface area contributed by atoms with Crippen LogP contribution in [0.25, 0.3) is 0 Å². The average molecular weight is 433 g/mol. The van der Waals surface area contributed by atoms with Crippen molar-refractivity contribution >= 4 is 35.0 Å². The highest BCUT2D eigenvalue weighted by molar-refractivity contribution is 7.99. The number of carbonyl (C=O) groups excluding carboxylic acids is 2. The van der Waals surface area contributed by atoms with Gasteiger partial charge in [-0.15, -0.1) is 11.8 Å². The molecule has 0 spiro atoms. The molecular weight excluding hydrogens is 410 g/mol. The first-order valence-electron chi connectivity index (χ1n) is 8.94. The summed E-state index contributed by atoms with van der Waals surface area (Å²) in [6.07, 6.45) is 0. The van der Waals surface area contributed by atoms with Crippen molar-refractivity contribution in [3.8, 4) is 11.5 Å². The van der Waals surface area contributed by atoms with Crippen LogP contribution in [0.15, 0.2) is 36.4 Å². The number of hydrogen-bond donors (Lipinski definition) is 2. The first kappa shape index (κ1) is 23.0. The van der Waals surface area contributed by atoms with E-state index in [1.54, 1.807) is 18.2 Å². The fraction of sp³-hybridized carbons (Fsp3) is 0.300. The van der Waals surface area contributed by atoms with Crippen LogP contribution in [-0.2, 0) is 15.3 Å². The number of amides is 2. The topological polar surface area (TPSA) is 120 Å². The molecule has 0 atom stereocenters. The molecule has 30 heavy (non-hydrogen) atoms. The van der Waals surface area contributed by atoms with Crippen LogP contribution in [0.4, 0.5) is 11.4 Å². The number of anilines is 1. The molecule has 0 aromatic heterocycles. The third-order valence-corrected chi connectivity index (χ3v) is 5.02. The summed E-state index contributed by atoms with van der Waals surface area (Å²) < 4.78 is 10.2. The van der Waals surface area contributed by atoms with Crippen LogP contribution in [0.1, 0.15) is 11.1 Å². The number of carbonyl (C=O) groups is 2. The quantitative estimate of drug-likeness (QED) is 0.437. The highest BCUT2D eigenvalue weighted by Crippen LogP contribution is 2.29. The minimum Gasteiger partial charge on any atom is -0.495 e. The number of benzene rings is 2. The molecular formula is C20H23N3O6S. The Kier molecular flexibility index (Phi) is 8.48.